The molecule has 1 atom stereocenters. The van der Waals surface area contributed by atoms with E-state index in [-0.39, 0.29) is 11.5 Å². The Morgan fingerprint density at radius 3 is 2.62 bits per heavy atom. The maximum Gasteiger partial charge on any atom is 0.154 e. The predicted molar refractivity (Wildman–Crippen MR) is 120 cm³/mol. The van der Waals surface area contributed by atoms with Crippen LogP contribution in [0.5, 0.6) is 0 Å². The highest BCUT2D eigenvalue weighted by atomic mass is 32.2. The number of hydrogen-bond acceptors (Lipinski definition) is 3. The molecule has 0 fully saturated rings. The summed E-state index contributed by atoms with van der Waals surface area (Å²) in [6.45, 7) is 0.883. The van der Waals surface area contributed by atoms with Crippen LogP contribution in [0, 0.1) is 0 Å². The third-order valence-electron chi connectivity index (χ3n) is 5.67. The summed E-state index contributed by atoms with van der Waals surface area (Å²) in [6.07, 6.45) is 7.74. The largest absolute Gasteiger partial charge is 0.361 e. The van der Waals surface area contributed by atoms with Gasteiger partial charge in [0, 0.05) is 29.7 Å². The molecule has 0 saturated heterocycles. The Hall–Kier alpha value is -2.37. The molecule has 0 amide bonds. The predicted octanol–water partition coefficient (Wildman–Crippen LogP) is 4.70. The van der Waals surface area contributed by atoms with Gasteiger partial charge in [0.25, 0.3) is 0 Å². The molecular formula is C24H28N2O2S. The van der Waals surface area contributed by atoms with Crippen LogP contribution >= 0.6 is 0 Å². The molecule has 1 aromatic heterocycles. The van der Waals surface area contributed by atoms with Gasteiger partial charge < -0.3 is 10.3 Å². The van der Waals surface area contributed by atoms with Gasteiger partial charge in [0.2, 0.25) is 0 Å². The average Bonchev–Trinajstić information content (AvgIpc) is 3.14. The van der Waals surface area contributed by atoms with Crippen molar-refractivity contribution in [1.82, 2.24) is 10.3 Å². The number of para-hydroxylation sites is 1. The van der Waals surface area contributed by atoms with Crippen LogP contribution in [0.15, 0.2) is 66.9 Å². The number of aromatic amines is 1. The number of nitrogens with one attached hydrogen (secondary N) is 2. The Kier molecular flexibility index (Phi) is 6.16. The summed E-state index contributed by atoms with van der Waals surface area (Å²) >= 11 is 0. The number of H-pyrrole nitrogens is 1. The molecule has 0 radical (unpaired) electrons. The fraction of sp³-hybridized carbons (Fsp3) is 0.333. The molecule has 1 aliphatic heterocycles. The highest BCUT2D eigenvalue weighted by Crippen LogP contribution is 2.25. The minimum absolute atomic E-state index is 0.111. The van der Waals surface area contributed by atoms with Gasteiger partial charge in [-0.25, -0.2) is 8.42 Å². The van der Waals surface area contributed by atoms with E-state index in [4.69, 9.17) is 0 Å². The lowest BCUT2D eigenvalue weighted by Gasteiger charge is -2.24. The second-order valence-electron chi connectivity index (χ2n) is 7.85. The van der Waals surface area contributed by atoms with Crippen molar-refractivity contribution in [3.8, 4) is 0 Å². The van der Waals surface area contributed by atoms with Crippen LogP contribution in [-0.2, 0) is 15.6 Å². The normalized spacial score (nSPS) is 17.4. The molecule has 2 heterocycles. The molecule has 3 aromatic rings. The van der Waals surface area contributed by atoms with Crippen LogP contribution in [-0.4, -0.2) is 31.7 Å². The first-order valence-electron chi connectivity index (χ1n) is 10.3. The topological polar surface area (TPSA) is 62.0 Å². The van der Waals surface area contributed by atoms with Crippen LogP contribution in [0.25, 0.3) is 16.5 Å². The van der Waals surface area contributed by atoms with E-state index < -0.39 is 9.84 Å². The van der Waals surface area contributed by atoms with Crippen molar-refractivity contribution in [1.29, 1.82) is 0 Å². The average molecular weight is 409 g/mol. The standard InChI is InChI=1S/C24H28N2O2S/c27-29(28,18-21-17-26-24-12-5-4-11-23(21)24)15-7-6-10-22-16-20(13-14-25-22)19-8-2-1-3-9-19/h1-5,8-9,11-13,17,22,25-26H,6-7,10,14-16,18H2. The minimum Gasteiger partial charge on any atom is -0.361 e. The van der Waals surface area contributed by atoms with Crippen LogP contribution in [0.1, 0.15) is 36.8 Å². The quantitative estimate of drug-likeness (QED) is 0.531. The summed E-state index contributed by atoms with van der Waals surface area (Å²) in [5.74, 6) is 0.361. The maximum absolute atomic E-state index is 12.6. The molecule has 2 N–H and O–H groups in total. The van der Waals surface area contributed by atoms with Gasteiger partial charge in [-0.05, 0) is 42.0 Å². The number of unbranched alkanes of at least 4 members (excludes halogenated alkanes) is 1. The monoisotopic (exact) mass is 408 g/mol. The van der Waals surface area contributed by atoms with E-state index in [0.29, 0.717) is 12.5 Å². The molecule has 0 saturated carbocycles. The number of sulfone groups is 1. The zero-order valence-electron chi connectivity index (χ0n) is 16.6. The van der Waals surface area contributed by atoms with E-state index in [2.05, 4.69) is 40.6 Å². The lowest BCUT2D eigenvalue weighted by Crippen LogP contribution is -2.32. The van der Waals surface area contributed by atoms with Gasteiger partial charge >= 0.3 is 0 Å². The molecule has 152 valence electrons. The van der Waals surface area contributed by atoms with Crippen molar-refractivity contribution < 1.29 is 8.42 Å². The highest BCUT2D eigenvalue weighted by Gasteiger charge is 2.18. The fourth-order valence-electron chi connectivity index (χ4n) is 4.13. The Labute approximate surface area is 173 Å². The minimum atomic E-state index is -3.10. The number of hydrogen-bond donors (Lipinski definition) is 2. The first-order valence-corrected chi connectivity index (χ1v) is 12.2. The van der Waals surface area contributed by atoms with Crippen molar-refractivity contribution in [2.75, 3.05) is 12.3 Å². The smallest absolute Gasteiger partial charge is 0.154 e. The van der Waals surface area contributed by atoms with Crippen molar-refractivity contribution >= 4 is 26.3 Å². The van der Waals surface area contributed by atoms with Crippen LogP contribution < -0.4 is 5.32 Å². The van der Waals surface area contributed by atoms with E-state index in [0.717, 1.165) is 42.3 Å². The molecule has 1 aliphatic rings. The zero-order chi connectivity index (χ0) is 20.1. The molecular weight excluding hydrogens is 380 g/mol. The van der Waals surface area contributed by atoms with Gasteiger partial charge in [0.15, 0.2) is 9.84 Å². The molecule has 2 aromatic carbocycles. The summed E-state index contributed by atoms with van der Waals surface area (Å²) in [5.41, 5.74) is 4.54. The summed E-state index contributed by atoms with van der Waals surface area (Å²) in [7, 11) is -3.10. The fourth-order valence-corrected chi connectivity index (χ4v) is 5.64. The first kappa shape index (κ1) is 19.9. The van der Waals surface area contributed by atoms with Crippen molar-refractivity contribution in [3.63, 3.8) is 0 Å². The number of fused-ring (bicyclic) bond motifs is 1. The van der Waals surface area contributed by atoms with Gasteiger partial charge in [0.05, 0.1) is 11.5 Å². The van der Waals surface area contributed by atoms with Crippen molar-refractivity contribution in [2.45, 2.75) is 37.5 Å². The summed E-state index contributed by atoms with van der Waals surface area (Å²) in [5, 5.41) is 4.55. The first-order chi connectivity index (χ1) is 14.1. The third-order valence-corrected chi connectivity index (χ3v) is 7.34. The van der Waals surface area contributed by atoms with E-state index >= 15 is 0 Å². The Bertz CT molecular complexity index is 1080. The van der Waals surface area contributed by atoms with E-state index in [1.165, 1.54) is 11.1 Å². The Morgan fingerprint density at radius 2 is 1.76 bits per heavy atom. The lowest BCUT2D eigenvalue weighted by atomic mass is 9.93. The van der Waals surface area contributed by atoms with Crippen molar-refractivity contribution in [3.05, 3.63) is 78.0 Å². The third kappa shape index (κ3) is 5.17. The van der Waals surface area contributed by atoms with Gasteiger partial charge in [-0.3, -0.25) is 0 Å². The van der Waals surface area contributed by atoms with E-state index in [1.54, 1.807) is 0 Å². The second-order valence-corrected chi connectivity index (χ2v) is 10.0. The highest BCUT2D eigenvalue weighted by molar-refractivity contribution is 7.90. The summed E-state index contributed by atoms with van der Waals surface area (Å²) in [4.78, 5) is 3.16. The molecule has 4 rings (SSSR count). The SMILES string of the molecule is O=S(=O)(CCCCC1CC(c2ccccc2)=CCN1)Cc1c[nH]c2ccccc12. The zero-order valence-corrected chi connectivity index (χ0v) is 17.4. The molecule has 4 nitrogen and oxygen atoms in total. The van der Waals surface area contributed by atoms with E-state index in [1.807, 2.05) is 36.5 Å². The number of rotatable bonds is 8. The van der Waals surface area contributed by atoms with E-state index in [9.17, 15) is 8.42 Å². The summed E-state index contributed by atoms with van der Waals surface area (Å²) < 4.78 is 25.2. The molecule has 0 bridgehead atoms. The van der Waals surface area contributed by atoms with Crippen LogP contribution in [0.3, 0.4) is 0 Å². The van der Waals surface area contributed by atoms with Gasteiger partial charge in [0.1, 0.15) is 0 Å². The lowest BCUT2D eigenvalue weighted by molar-refractivity contribution is 0.481. The van der Waals surface area contributed by atoms with Crippen LogP contribution in [0.2, 0.25) is 0 Å². The summed E-state index contributed by atoms with van der Waals surface area (Å²) in [6, 6.07) is 18.8. The molecule has 0 spiro atoms. The van der Waals surface area contributed by atoms with Gasteiger partial charge in [-0.2, -0.15) is 0 Å². The Morgan fingerprint density at radius 1 is 0.966 bits per heavy atom. The second kappa shape index (κ2) is 8.97. The molecule has 1 unspecified atom stereocenters. The van der Waals surface area contributed by atoms with Crippen LogP contribution in [0.4, 0.5) is 0 Å². The maximum atomic E-state index is 12.6. The number of aromatic nitrogens is 1. The molecule has 0 aliphatic carbocycles. The molecule has 5 heteroatoms. The Balaban J connectivity index is 1.25. The molecule has 29 heavy (non-hydrogen) atoms. The van der Waals surface area contributed by atoms with Gasteiger partial charge in [-0.1, -0.05) is 61.0 Å². The van der Waals surface area contributed by atoms with Gasteiger partial charge in [-0.15, -0.1) is 0 Å². The number of benzene rings is 2. The van der Waals surface area contributed by atoms with Crippen molar-refractivity contribution in [2.24, 2.45) is 0 Å².